The first-order chi connectivity index (χ1) is 13.3. The number of carbonyl (C=O) groups excluding carboxylic acids is 1. The Balaban J connectivity index is 1.90. The number of hydrogen-bond donors (Lipinski definition) is 0. The molecule has 0 aliphatic carbocycles. The number of amides is 1. The van der Waals surface area contributed by atoms with E-state index in [0.29, 0.717) is 22.9 Å². The Labute approximate surface area is 176 Å². The maximum Gasteiger partial charge on any atom is 0.260 e. The first-order valence-electron chi connectivity index (χ1n) is 8.24. The third-order valence-corrected chi connectivity index (χ3v) is 6.47. The molecule has 0 atom stereocenters. The number of hydrogen-bond acceptors (Lipinski definition) is 5. The van der Waals surface area contributed by atoms with Crippen molar-refractivity contribution >= 4 is 48.1 Å². The second kappa shape index (κ2) is 8.38. The molecule has 0 aliphatic rings. The molecule has 0 N–H and O–H groups in total. The smallest absolute Gasteiger partial charge is 0.260 e. The van der Waals surface area contributed by atoms with Gasteiger partial charge in [-0.1, -0.05) is 34.1 Å². The van der Waals surface area contributed by atoms with Crippen molar-refractivity contribution in [1.29, 1.82) is 0 Å². The average molecular weight is 477 g/mol. The molecule has 2 aromatic carbocycles. The molecule has 1 aromatic heterocycles. The SMILES string of the molecule is C=CCN(C(=O)c1ccc(Br)cc1)c1nc(-c2ccc(S(C)(=O)=O)cc2)cs1. The molecule has 144 valence electrons. The maximum absolute atomic E-state index is 12.9. The fourth-order valence-electron chi connectivity index (χ4n) is 2.52. The van der Waals surface area contributed by atoms with Gasteiger partial charge in [0, 0.05) is 33.8 Å². The van der Waals surface area contributed by atoms with Crippen LogP contribution in [0.5, 0.6) is 0 Å². The molecule has 0 unspecified atom stereocenters. The van der Waals surface area contributed by atoms with Gasteiger partial charge in [0.05, 0.1) is 10.6 Å². The minimum absolute atomic E-state index is 0.166. The molecule has 1 heterocycles. The molecular formula is C20H17BrN2O3S2. The molecule has 0 bridgehead atoms. The van der Waals surface area contributed by atoms with E-state index in [1.807, 2.05) is 17.5 Å². The van der Waals surface area contributed by atoms with Gasteiger partial charge in [-0.15, -0.1) is 17.9 Å². The molecule has 0 spiro atoms. The highest BCUT2D eigenvalue weighted by atomic mass is 79.9. The van der Waals surface area contributed by atoms with Crippen molar-refractivity contribution in [3.8, 4) is 11.3 Å². The van der Waals surface area contributed by atoms with Crippen LogP contribution in [0.2, 0.25) is 0 Å². The van der Waals surface area contributed by atoms with Gasteiger partial charge in [-0.25, -0.2) is 13.4 Å². The molecule has 0 aliphatic heterocycles. The zero-order chi connectivity index (χ0) is 20.3. The Hall–Kier alpha value is -2.29. The van der Waals surface area contributed by atoms with Crippen molar-refractivity contribution in [2.24, 2.45) is 0 Å². The highest BCUT2D eigenvalue weighted by molar-refractivity contribution is 9.10. The van der Waals surface area contributed by atoms with Crippen LogP contribution >= 0.6 is 27.3 Å². The molecule has 0 saturated carbocycles. The standard InChI is InChI=1S/C20H17BrN2O3S2/c1-3-12-23(19(24)15-4-8-16(21)9-5-15)20-22-18(13-27-20)14-6-10-17(11-7-14)28(2,25)26/h3-11,13H,1,12H2,2H3. The summed E-state index contributed by atoms with van der Waals surface area (Å²) in [5.41, 5.74) is 2.02. The van der Waals surface area contributed by atoms with Gasteiger partial charge in [0.15, 0.2) is 15.0 Å². The number of benzene rings is 2. The van der Waals surface area contributed by atoms with Crippen LogP contribution in [-0.4, -0.2) is 32.1 Å². The number of rotatable bonds is 6. The molecule has 0 fully saturated rings. The van der Waals surface area contributed by atoms with Crippen molar-refractivity contribution < 1.29 is 13.2 Å². The van der Waals surface area contributed by atoms with Gasteiger partial charge in [-0.3, -0.25) is 9.69 Å². The summed E-state index contributed by atoms with van der Waals surface area (Å²) >= 11 is 4.71. The number of carbonyl (C=O) groups is 1. The van der Waals surface area contributed by atoms with E-state index in [4.69, 9.17) is 0 Å². The molecule has 0 radical (unpaired) electrons. The third-order valence-electron chi connectivity index (χ3n) is 3.95. The van der Waals surface area contributed by atoms with E-state index in [1.54, 1.807) is 47.4 Å². The lowest BCUT2D eigenvalue weighted by Gasteiger charge is -2.18. The van der Waals surface area contributed by atoms with E-state index in [-0.39, 0.29) is 10.8 Å². The van der Waals surface area contributed by atoms with E-state index in [0.717, 1.165) is 10.0 Å². The van der Waals surface area contributed by atoms with Crippen LogP contribution in [0.25, 0.3) is 11.3 Å². The number of nitrogens with zero attached hydrogens (tertiary/aromatic N) is 2. The molecule has 28 heavy (non-hydrogen) atoms. The van der Waals surface area contributed by atoms with Gasteiger partial charge in [0.1, 0.15) is 0 Å². The molecule has 3 rings (SSSR count). The molecule has 3 aromatic rings. The van der Waals surface area contributed by atoms with Gasteiger partial charge >= 0.3 is 0 Å². The monoisotopic (exact) mass is 476 g/mol. The first kappa shape index (κ1) is 20.4. The molecule has 5 nitrogen and oxygen atoms in total. The van der Waals surface area contributed by atoms with Gasteiger partial charge in [0.2, 0.25) is 0 Å². The van der Waals surface area contributed by atoms with Crippen LogP contribution < -0.4 is 4.90 Å². The van der Waals surface area contributed by atoms with Crippen molar-refractivity contribution in [3.63, 3.8) is 0 Å². The lowest BCUT2D eigenvalue weighted by atomic mass is 10.2. The summed E-state index contributed by atoms with van der Waals surface area (Å²) in [5.74, 6) is -0.166. The Morgan fingerprint density at radius 2 is 1.82 bits per heavy atom. The zero-order valence-electron chi connectivity index (χ0n) is 15.0. The predicted molar refractivity (Wildman–Crippen MR) is 117 cm³/mol. The average Bonchev–Trinajstić information content (AvgIpc) is 3.15. The largest absolute Gasteiger partial charge is 0.280 e. The molecule has 0 saturated heterocycles. The van der Waals surface area contributed by atoms with Crippen LogP contribution in [0.15, 0.2) is 75.9 Å². The Morgan fingerprint density at radius 1 is 1.18 bits per heavy atom. The number of aromatic nitrogens is 1. The van der Waals surface area contributed by atoms with Crippen molar-refractivity contribution in [2.45, 2.75) is 4.90 Å². The van der Waals surface area contributed by atoms with E-state index in [1.165, 1.54) is 17.6 Å². The maximum atomic E-state index is 12.9. The molecule has 8 heteroatoms. The van der Waals surface area contributed by atoms with Gasteiger partial charge < -0.3 is 0 Å². The lowest BCUT2D eigenvalue weighted by Crippen LogP contribution is -2.30. The number of anilines is 1. The Morgan fingerprint density at radius 3 is 2.39 bits per heavy atom. The zero-order valence-corrected chi connectivity index (χ0v) is 18.2. The Kier molecular flexibility index (Phi) is 6.12. The fraction of sp³-hybridized carbons (Fsp3) is 0.100. The van der Waals surface area contributed by atoms with E-state index in [2.05, 4.69) is 27.5 Å². The normalized spacial score (nSPS) is 11.2. The highest BCUT2D eigenvalue weighted by Gasteiger charge is 2.20. The fourth-order valence-corrected chi connectivity index (χ4v) is 4.26. The second-order valence-electron chi connectivity index (χ2n) is 6.02. The van der Waals surface area contributed by atoms with E-state index in [9.17, 15) is 13.2 Å². The highest BCUT2D eigenvalue weighted by Crippen LogP contribution is 2.29. The number of halogens is 1. The van der Waals surface area contributed by atoms with Gasteiger partial charge in [-0.05, 0) is 36.4 Å². The molecular weight excluding hydrogens is 460 g/mol. The summed E-state index contributed by atoms with van der Waals surface area (Å²) in [6, 6.07) is 13.7. The second-order valence-corrected chi connectivity index (χ2v) is 9.79. The van der Waals surface area contributed by atoms with Gasteiger partial charge in [-0.2, -0.15) is 0 Å². The summed E-state index contributed by atoms with van der Waals surface area (Å²) in [6.45, 7) is 4.06. The topological polar surface area (TPSA) is 67.3 Å². The predicted octanol–water partition coefficient (Wildman–Crippen LogP) is 4.81. The lowest BCUT2D eigenvalue weighted by molar-refractivity contribution is 0.0989. The van der Waals surface area contributed by atoms with Crippen molar-refractivity contribution in [3.05, 3.63) is 76.6 Å². The number of thiazole rings is 1. The summed E-state index contributed by atoms with van der Waals surface area (Å²) in [5, 5.41) is 2.39. The number of sulfone groups is 1. The van der Waals surface area contributed by atoms with Gasteiger partial charge in [0.25, 0.3) is 5.91 Å². The van der Waals surface area contributed by atoms with Crippen LogP contribution in [0.3, 0.4) is 0 Å². The molecule has 1 amide bonds. The van der Waals surface area contributed by atoms with E-state index >= 15 is 0 Å². The van der Waals surface area contributed by atoms with Crippen LogP contribution in [0.4, 0.5) is 5.13 Å². The van der Waals surface area contributed by atoms with E-state index < -0.39 is 9.84 Å². The van der Waals surface area contributed by atoms with Crippen LogP contribution in [0.1, 0.15) is 10.4 Å². The third kappa shape index (κ3) is 4.57. The minimum Gasteiger partial charge on any atom is -0.280 e. The van der Waals surface area contributed by atoms with Crippen molar-refractivity contribution in [1.82, 2.24) is 4.98 Å². The summed E-state index contributed by atoms with van der Waals surface area (Å²) in [4.78, 5) is 19.3. The summed E-state index contributed by atoms with van der Waals surface area (Å²) < 4.78 is 24.1. The van der Waals surface area contributed by atoms with Crippen LogP contribution in [-0.2, 0) is 9.84 Å². The van der Waals surface area contributed by atoms with Crippen LogP contribution in [0, 0.1) is 0 Å². The first-order valence-corrected chi connectivity index (χ1v) is 11.8. The Bertz CT molecular complexity index is 1110. The summed E-state index contributed by atoms with van der Waals surface area (Å²) in [7, 11) is -3.25. The summed E-state index contributed by atoms with van der Waals surface area (Å²) in [6.07, 6.45) is 2.82. The quantitative estimate of drug-likeness (QED) is 0.478. The van der Waals surface area contributed by atoms with Crippen molar-refractivity contribution in [2.75, 3.05) is 17.7 Å². The minimum atomic E-state index is -3.25.